The molecule has 2 rings (SSSR count). The second-order valence-corrected chi connectivity index (χ2v) is 4.78. The predicted octanol–water partition coefficient (Wildman–Crippen LogP) is 1.38. The molecular formula is C12H19N3O3. The van der Waals surface area contributed by atoms with Crippen molar-refractivity contribution >= 4 is 11.7 Å². The topological polar surface area (TPSA) is 65.4 Å². The van der Waals surface area contributed by atoms with Gasteiger partial charge in [-0.2, -0.15) is 5.10 Å². The predicted molar refractivity (Wildman–Crippen MR) is 66.1 cm³/mol. The zero-order chi connectivity index (χ0) is 13.2. The number of nitrogens with zero attached hydrogens (tertiary/aromatic N) is 2. The molecule has 0 bridgehead atoms. The van der Waals surface area contributed by atoms with Crippen molar-refractivity contribution in [1.29, 1.82) is 0 Å². The van der Waals surface area contributed by atoms with Gasteiger partial charge >= 0.3 is 0 Å². The summed E-state index contributed by atoms with van der Waals surface area (Å²) < 4.78 is 12.9. The first-order chi connectivity index (χ1) is 8.48. The maximum Gasteiger partial charge on any atom is 0.225 e. The fourth-order valence-electron chi connectivity index (χ4n) is 1.82. The Morgan fingerprint density at radius 2 is 2.44 bits per heavy atom. The lowest BCUT2D eigenvalue weighted by Gasteiger charge is -2.16. The van der Waals surface area contributed by atoms with Crippen molar-refractivity contribution in [2.75, 3.05) is 11.9 Å². The first-order valence-electron chi connectivity index (χ1n) is 6.13. The Hall–Kier alpha value is -1.40. The van der Waals surface area contributed by atoms with Gasteiger partial charge in [-0.25, -0.2) is 0 Å². The van der Waals surface area contributed by atoms with Crippen LogP contribution < -0.4 is 5.32 Å². The van der Waals surface area contributed by atoms with E-state index < -0.39 is 5.79 Å². The lowest BCUT2D eigenvalue weighted by molar-refractivity contribution is -0.139. The summed E-state index contributed by atoms with van der Waals surface area (Å²) in [4.78, 5) is 11.2. The van der Waals surface area contributed by atoms with Crippen LogP contribution in [0.4, 0.5) is 5.82 Å². The van der Waals surface area contributed by atoms with E-state index >= 15 is 0 Å². The minimum absolute atomic E-state index is 0.00498. The van der Waals surface area contributed by atoms with Crippen molar-refractivity contribution in [1.82, 2.24) is 9.78 Å². The van der Waals surface area contributed by atoms with Crippen molar-refractivity contribution in [3.8, 4) is 0 Å². The minimum atomic E-state index is -0.517. The van der Waals surface area contributed by atoms with Crippen LogP contribution in [0.3, 0.4) is 0 Å². The van der Waals surface area contributed by atoms with Gasteiger partial charge in [-0.3, -0.25) is 9.48 Å². The number of anilines is 1. The van der Waals surface area contributed by atoms with Gasteiger partial charge in [-0.1, -0.05) is 6.92 Å². The van der Waals surface area contributed by atoms with Crippen molar-refractivity contribution in [2.24, 2.45) is 0 Å². The van der Waals surface area contributed by atoms with E-state index in [0.29, 0.717) is 25.4 Å². The largest absolute Gasteiger partial charge is 0.348 e. The Kier molecular flexibility index (Phi) is 3.68. The highest BCUT2D eigenvalue weighted by atomic mass is 16.7. The molecule has 2 heterocycles. The van der Waals surface area contributed by atoms with E-state index in [2.05, 4.69) is 10.4 Å². The molecule has 1 fully saturated rings. The van der Waals surface area contributed by atoms with E-state index in [0.717, 1.165) is 0 Å². The van der Waals surface area contributed by atoms with Gasteiger partial charge in [0.25, 0.3) is 0 Å². The van der Waals surface area contributed by atoms with Crippen LogP contribution in [0, 0.1) is 0 Å². The summed E-state index contributed by atoms with van der Waals surface area (Å²) in [5.74, 6) is 0.0127. The molecular weight excluding hydrogens is 234 g/mol. The fraction of sp³-hybridized carbons (Fsp3) is 0.667. The third kappa shape index (κ3) is 3.30. The molecule has 1 N–H and O–H groups in total. The van der Waals surface area contributed by atoms with Gasteiger partial charge in [0.05, 0.1) is 13.2 Å². The number of carbonyl (C=O) groups is 1. The summed E-state index contributed by atoms with van der Waals surface area (Å²) in [7, 11) is 0. The summed E-state index contributed by atoms with van der Waals surface area (Å²) in [6.45, 7) is 6.76. The second kappa shape index (κ2) is 5.07. The van der Waals surface area contributed by atoms with Gasteiger partial charge in [-0.05, 0) is 13.8 Å². The first kappa shape index (κ1) is 13.0. The zero-order valence-electron chi connectivity index (χ0n) is 11.0. The number of amides is 1. The SMILES string of the molecule is CCC(=O)Nc1ccn(C[C@@H]2COC(C)(C)O2)n1. The number of ether oxygens (including phenoxy) is 2. The molecule has 1 atom stereocenters. The maximum absolute atomic E-state index is 11.2. The van der Waals surface area contributed by atoms with Crippen LogP contribution in [0.15, 0.2) is 12.3 Å². The van der Waals surface area contributed by atoms with E-state index in [1.807, 2.05) is 20.0 Å². The highest BCUT2D eigenvalue weighted by Crippen LogP contribution is 2.23. The third-order valence-corrected chi connectivity index (χ3v) is 2.69. The average molecular weight is 253 g/mol. The van der Waals surface area contributed by atoms with Crippen molar-refractivity contribution in [2.45, 2.75) is 45.6 Å². The Morgan fingerprint density at radius 3 is 3.06 bits per heavy atom. The van der Waals surface area contributed by atoms with Crippen LogP contribution in [0.25, 0.3) is 0 Å². The molecule has 1 aromatic rings. The Labute approximate surface area is 106 Å². The van der Waals surface area contributed by atoms with Crippen LogP contribution in [-0.4, -0.2) is 34.2 Å². The minimum Gasteiger partial charge on any atom is -0.348 e. The fourth-order valence-corrected chi connectivity index (χ4v) is 1.82. The molecule has 0 aromatic carbocycles. The maximum atomic E-state index is 11.2. The monoisotopic (exact) mass is 253 g/mol. The molecule has 1 aliphatic heterocycles. The highest BCUT2D eigenvalue weighted by Gasteiger charge is 2.32. The molecule has 6 heteroatoms. The molecule has 18 heavy (non-hydrogen) atoms. The van der Waals surface area contributed by atoms with Crippen LogP contribution in [0.1, 0.15) is 27.2 Å². The quantitative estimate of drug-likeness (QED) is 0.880. The smallest absolute Gasteiger partial charge is 0.225 e. The Bertz CT molecular complexity index is 428. The molecule has 0 saturated carbocycles. The lowest BCUT2D eigenvalue weighted by atomic mass is 10.4. The number of hydrogen-bond acceptors (Lipinski definition) is 4. The Balaban J connectivity index is 1.89. The van der Waals surface area contributed by atoms with E-state index in [9.17, 15) is 4.79 Å². The summed E-state index contributed by atoms with van der Waals surface area (Å²) in [6.07, 6.45) is 2.26. The first-order valence-corrected chi connectivity index (χ1v) is 6.13. The highest BCUT2D eigenvalue weighted by molar-refractivity contribution is 5.89. The van der Waals surface area contributed by atoms with E-state index in [1.165, 1.54) is 0 Å². The second-order valence-electron chi connectivity index (χ2n) is 4.78. The van der Waals surface area contributed by atoms with E-state index in [-0.39, 0.29) is 12.0 Å². The standard InChI is InChI=1S/C12H19N3O3/c1-4-11(16)13-10-5-6-15(14-10)7-9-8-17-12(2,3)18-9/h5-6,9H,4,7-8H2,1-3H3,(H,13,14,16)/t9-/m1/s1. The number of nitrogens with one attached hydrogen (secondary N) is 1. The molecule has 100 valence electrons. The van der Waals surface area contributed by atoms with Crippen molar-refractivity contribution in [3.63, 3.8) is 0 Å². The molecule has 6 nitrogen and oxygen atoms in total. The van der Waals surface area contributed by atoms with Gasteiger partial charge < -0.3 is 14.8 Å². The lowest BCUT2D eigenvalue weighted by Crippen LogP contribution is -2.24. The molecule has 0 spiro atoms. The van der Waals surface area contributed by atoms with E-state index in [4.69, 9.17) is 9.47 Å². The number of carbonyl (C=O) groups excluding carboxylic acids is 1. The molecule has 1 saturated heterocycles. The van der Waals surface area contributed by atoms with Crippen LogP contribution in [0.5, 0.6) is 0 Å². The summed E-state index contributed by atoms with van der Waals surface area (Å²) >= 11 is 0. The zero-order valence-corrected chi connectivity index (χ0v) is 11.0. The number of aromatic nitrogens is 2. The van der Waals surface area contributed by atoms with Gasteiger partial charge in [0, 0.05) is 18.7 Å². The molecule has 1 aromatic heterocycles. The van der Waals surface area contributed by atoms with Crippen LogP contribution >= 0.6 is 0 Å². The van der Waals surface area contributed by atoms with Gasteiger partial charge in [0.1, 0.15) is 6.10 Å². The van der Waals surface area contributed by atoms with Gasteiger partial charge in [0.2, 0.25) is 5.91 Å². The molecule has 1 aliphatic rings. The molecule has 0 radical (unpaired) electrons. The van der Waals surface area contributed by atoms with Crippen LogP contribution in [-0.2, 0) is 20.8 Å². The molecule has 1 amide bonds. The van der Waals surface area contributed by atoms with Gasteiger partial charge in [-0.15, -0.1) is 0 Å². The van der Waals surface area contributed by atoms with E-state index in [1.54, 1.807) is 17.7 Å². The van der Waals surface area contributed by atoms with Crippen LogP contribution in [0.2, 0.25) is 0 Å². The Morgan fingerprint density at radius 1 is 1.67 bits per heavy atom. The average Bonchev–Trinajstić information content (AvgIpc) is 2.86. The third-order valence-electron chi connectivity index (χ3n) is 2.69. The van der Waals surface area contributed by atoms with Crippen molar-refractivity contribution < 1.29 is 14.3 Å². The number of hydrogen-bond donors (Lipinski definition) is 1. The summed E-state index contributed by atoms with van der Waals surface area (Å²) in [5, 5.41) is 6.97. The summed E-state index contributed by atoms with van der Waals surface area (Å²) in [6, 6.07) is 1.77. The number of rotatable bonds is 4. The van der Waals surface area contributed by atoms with Gasteiger partial charge in [0.15, 0.2) is 11.6 Å². The summed E-state index contributed by atoms with van der Waals surface area (Å²) in [5.41, 5.74) is 0. The molecule has 0 aliphatic carbocycles. The van der Waals surface area contributed by atoms with Crippen molar-refractivity contribution in [3.05, 3.63) is 12.3 Å². The molecule has 0 unspecified atom stereocenters. The normalized spacial score (nSPS) is 22.1.